The van der Waals surface area contributed by atoms with Crippen LogP contribution in [0, 0.1) is 0 Å². The van der Waals surface area contributed by atoms with Crippen LogP contribution in [0.25, 0.3) is 0 Å². The van der Waals surface area contributed by atoms with Crippen molar-refractivity contribution in [2.45, 2.75) is 12.2 Å². The third-order valence-electron chi connectivity index (χ3n) is 1.47. The van der Waals surface area contributed by atoms with E-state index in [1.807, 2.05) is 0 Å². The zero-order chi connectivity index (χ0) is 10.5. The average Bonchev–Trinajstić information content (AvgIpc) is 2.13. The van der Waals surface area contributed by atoms with Crippen molar-refractivity contribution in [1.29, 1.82) is 0 Å². The van der Waals surface area contributed by atoms with E-state index in [2.05, 4.69) is 16.1 Å². The second kappa shape index (κ2) is 4.98. The molecule has 0 rings (SSSR count). The zero-order valence-corrected chi connectivity index (χ0v) is 8.43. The van der Waals surface area contributed by atoms with Crippen LogP contribution in [0.15, 0.2) is 12.7 Å². The van der Waals surface area contributed by atoms with Crippen LogP contribution in [0.2, 0.25) is 0 Å². The number of nitrogens with one attached hydrogen (secondary N) is 1. The largest absolute Gasteiger partial charge is 0.351 e. The van der Waals surface area contributed by atoms with Gasteiger partial charge in [-0.05, 0) is 13.0 Å². The number of carbonyl (C=O) groups excluding carboxylic acids is 1. The Hall–Kier alpha value is -0.880. The van der Waals surface area contributed by atoms with E-state index >= 15 is 0 Å². The van der Waals surface area contributed by atoms with Gasteiger partial charge in [0, 0.05) is 6.54 Å². The lowest BCUT2D eigenvalue weighted by Crippen LogP contribution is -2.34. The maximum atomic E-state index is 11.0. The third kappa shape index (κ3) is 4.05. The van der Waals surface area contributed by atoms with Crippen LogP contribution in [0.1, 0.15) is 6.92 Å². The monoisotopic (exact) mass is 207 g/mol. The molecule has 0 aromatic rings. The van der Waals surface area contributed by atoms with Crippen molar-refractivity contribution in [3.05, 3.63) is 12.7 Å². The van der Waals surface area contributed by atoms with E-state index in [1.54, 1.807) is 0 Å². The molecule has 0 saturated carbocycles. The third-order valence-corrected chi connectivity index (χ3v) is 3.09. The highest BCUT2D eigenvalue weighted by Gasteiger charge is 2.19. The van der Waals surface area contributed by atoms with Crippen LogP contribution in [-0.2, 0) is 19.1 Å². The fraction of sp³-hybridized carbons (Fsp3) is 0.571. The van der Waals surface area contributed by atoms with Gasteiger partial charge in [0.05, 0.1) is 7.11 Å². The van der Waals surface area contributed by atoms with E-state index in [-0.39, 0.29) is 6.54 Å². The van der Waals surface area contributed by atoms with E-state index in [0.29, 0.717) is 0 Å². The summed E-state index contributed by atoms with van der Waals surface area (Å²) in [5, 5.41) is 1.59. The van der Waals surface area contributed by atoms with Crippen molar-refractivity contribution in [2.24, 2.45) is 0 Å². The molecule has 6 heteroatoms. The Labute approximate surface area is 77.9 Å². The minimum atomic E-state index is -3.55. The molecular formula is C7H13NO4S. The van der Waals surface area contributed by atoms with Gasteiger partial charge in [0.15, 0.2) is 0 Å². The number of rotatable bonds is 5. The van der Waals surface area contributed by atoms with Gasteiger partial charge >= 0.3 is 0 Å². The quantitative estimate of drug-likeness (QED) is 0.494. The predicted octanol–water partition coefficient (Wildman–Crippen LogP) is -0.347. The van der Waals surface area contributed by atoms with Gasteiger partial charge in [0.25, 0.3) is 10.1 Å². The Morgan fingerprint density at radius 1 is 1.69 bits per heavy atom. The van der Waals surface area contributed by atoms with Gasteiger partial charge in [0.1, 0.15) is 5.25 Å². The van der Waals surface area contributed by atoms with E-state index in [9.17, 15) is 13.2 Å². The zero-order valence-electron chi connectivity index (χ0n) is 7.61. The molecule has 76 valence electrons. The number of carbonyl (C=O) groups is 1. The summed E-state index contributed by atoms with van der Waals surface area (Å²) >= 11 is 0. The van der Waals surface area contributed by atoms with Crippen molar-refractivity contribution < 1.29 is 17.4 Å². The molecule has 0 radical (unpaired) electrons. The molecule has 1 unspecified atom stereocenters. The maximum absolute atomic E-state index is 11.0. The van der Waals surface area contributed by atoms with Crippen LogP contribution < -0.4 is 5.32 Å². The molecule has 5 nitrogen and oxygen atoms in total. The molecule has 13 heavy (non-hydrogen) atoms. The Kier molecular flexibility index (Phi) is 4.64. The molecule has 0 aromatic heterocycles. The lowest BCUT2D eigenvalue weighted by molar-refractivity contribution is -0.116. The molecular weight excluding hydrogens is 194 g/mol. The first-order valence-corrected chi connectivity index (χ1v) is 5.11. The summed E-state index contributed by atoms with van der Waals surface area (Å²) in [6, 6.07) is 0. The van der Waals surface area contributed by atoms with Gasteiger partial charge in [-0.25, -0.2) is 0 Å². The normalized spacial score (nSPS) is 13.4. The molecule has 0 aliphatic rings. The van der Waals surface area contributed by atoms with Gasteiger partial charge in [-0.2, -0.15) is 8.42 Å². The second-order valence-electron chi connectivity index (χ2n) is 2.42. The SMILES string of the molecule is C=CC(=O)NCC(C)S(=O)(=O)OC. The summed E-state index contributed by atoms with van der Waals surface area (Å²) < 4.78 is 26.3. The highest BCUT2D eigenvalue weighted by atomic mass is 32.2. The van der Waals surface area contributed by atoms with Crippen molar-refractivity contribution in [3.8, 4) is 0 Å². The number of amides is 1. The molecule has 0 heterocycles. The summed E-state index contributed by atoms with van der Waals surface area (Å²) in [6.07, 6.45) is 1.08. The van der Waals surface area contributed by atoms with E-state index < -0.39 is 21.3 Å². The van der Waals surface area contributed by atoms with Crippen LogP contribution in [0.5, 0.6) is 0 Å². The minimum absolute atomic E-state index is 0.0149. The summed E-state index contributed by atoms with van der Waals surface area (Å²) in [5.41, 5.74) is 0. The van der Waals surface area contributed by atoms with Gasteiger partial charge in [0.2, 0.25) is 5.91 Å². The fourth-order valence-electron chi connectivity index (χ4n) is 0.583. The van der Waals surface area contributed by atoms with E-state index in [4.69, 9.17) is 0 Å². The van der Waals surface area contributed by atoms with Crippen LogP contribution in [-0.4, -0.2) is 33.2 Å². The van der Waals surface area contributed by atoms with Crippen LogP contribution in [0.3, 0.4) is 0 Å². The number of hydrogen-bond acceptors (Lipinski definition) is 4. The van der Waals surface area contributed by atoms with Gasteiger partial charge < -0.3 is 5.32 Å². The van der Waals surface area contributed by atoms with Gasteiger partial charge in [-0.15, -0.1) is 0 Å². The first-order chi connectivity index (χ1) is 5.94. The smallest absolute Gasteiger partial charge is 0.271 e. The predicted molar refractivity (Wildman–Crippen MR) is 48.6 cm³/mol. The van der Waals surface area contributed by atoms with Gasteiger partial charge in [-0.3, -0.25) is 8.98 Å². The molecule has 0 bridgehead atoms. The minimum Gasteiger partial charge on any atom is -0.351 e. The first-order valence-electron chi connectivity index (χ1n) is 3.63. The second-order valence-corrected chi connectivity index (χ2v) is 4.54. The molecule has 1 amide bonds. The van der Waals surface area contributed by atoms with Crippen molar-refractivity contribution in [1.82, 2.24) is 5.32 Å². The summed E-state index contributed by atoms with van der Waals surface area (Å²) in [7, 11) is -2.47. The molecule has 0 aliphatic heterocycles. The Bertz CT molecular complexity index is 283. The highest BCUT2D eigenvalue weighted by molar-refractivity contribution is 7.87. The average molecular weight is 207 g/mol. The van der Waals surface area contributed by atoms with E-state index in [0.717, 1.165) is 13.2 Å². The molecule has 1 atom stereocenters. The maximum Gasteiger partial charge on any atom is 0.271 e. The van der Waals surface area contributed by atoms with Crippen molar-refractivity contribution >= 4 is 16.0 Å². The molecule has 0 fully saturated rings. The molecule has 1 N–H and O–H groups in total. The molecule has 0 aliphatic carbocycles. The van der Waals surface area contributed by atoms with Crippen LogP contribution in [0.4, 0.5) is 0 Å². The topological polar surface area (TPSA) is 72.5 Å². The standard InChI is InChI=1S/C7H13NO4S/c1-4-7(9)8-5-6(2)13(10,11)12-3/h4,6H,1,5H2,2-3H3,(H,8,9). The van der Waals surface area contributed by atoms with Gasteiger partial charge in [-0.1, -0.05) is 6.58 Å². The molecule has 0 aromatic carbocycles. The summed E-state index contributed by atoms with van der Waals surface area (Å²) in [6.45, 7) is 4.69. The van der Waals surface area contributed by atoms with Crippen molar-refractivity contribution in [3.63, 3.8) is 0 Å². The lowest BCUT2D eigenvalue weighted by Gasteiger charge is -2.10. The summed E-state index contributed by atoms with van der Waals surface area (Å²) in [5.74, 6) is -0.404. The lowest BCUT2D eigenvalue weighted by atomic mass is 10.4. The van der Waals surface area contributed by atoms with Crippen LogP contribution >= 0.6 is 0 Å². The highest BCUT2D eigenvalue weighted by Crippen LogP contribution is 2.00. The molecule has 0 saturated heterocycles. The summed E-state index contributed by atoms with van der Waals surface area (Å²) in [4.78, 5) is 10.7. The first kappa shape index (κ1) is 12.1. The fourth-order valence-corrected chi connectivity index (χ4v) is 1.20. The number of hydrogen-bond donors (Lipinski definition) is 1. The Morgan fingerprint density at radius 3 is 2.62 bits per heavy atom. The van der Waals surface area contributed by atoms with E-state index in [1.165, 1.54) is 6.92 Å². The molecule has 0 spiro atoms. The van der Waals surface area contributed by atoms with Crippen molar-refractivity contribution in [2.75, 3.05) is 13.7 Å². The Morgan fingerprint density at radius 2 is 2.23 bits per heavy atom. The Balaban J connectivity index is 4.09.